The van der Waals surface area contributed by atoms with Crippen LogP contribution in [0.1, 0.15) is 24.2 Å². The molecule has 0 amide bonds. The van der Waals surface area contributed by atoms with Crippen molar-refractivity contribution in [1.82, 2.24) is 0 Å². The van der Waals surface area contributed by atoms with Crippen LogP contribution in [-0.2, 0) is 11.2 Å². The minimum atomic E-state index is 0.213. The van der Waals surface area contributed by atoms with Gasteiger partial charge in [0.15, 0.2) is 0 Å². The number of rotatable bonds is 4. The topological polar surface area (TPSA) is 9.23 Å². The normalized spacial score (nSPS) is 13.1. The zero-order valence-corrected chi connectivity index (χ0v) is 10.7. The molecule has 1 aromatic rings. The van der Waals surface area contributed by atoms with Gasteiger partial charge >= 0.3 is 0 Å². The molecule has 1 atom stereocenters. The molecule has 0 N–H and O–H groups in total. The number of hydrogen-bond acceptors (Lipinski definition) is 1. The molecular weight excluding hydrogens is 176 g/mol. The fraction of sp³-hybridized carbons (Fsp3) is 0.455. The highest BCUT2D eigenvalue weighted by Gasteiger charge is 2.01. The van der Waals surface area contributed by atoms with Gasteiger partial charge in [0.2, 0.25) is 0 Å². The molecule has 1 unspecified atom stereocenters. The van der Waals surface area contributed by atoms with Gasteiger partial charge < -0.3 is 4.74 Å². The Kier molecular flexibility index (Phi) is 4.19. The van der Waals surface area contributed by atoms with Crippen LogP contribution in [0.25, 0.3) is 0 Å². The van der Waals surface area contributed by atoms with Gasteiger partial charge in [-0.1, -0.05) is 30.3 Å². The van der Waals surface area contributed by atoms with Crippen LogP contribution in [0.3, 0.4) is 0 Å². The molecule has 0 heterocycles. The van der Waals surface area contributed by atoms with Crippen molar-refractivity contribution >= 4 is 10.2 Å². The van der Waals surface area contributed by atoms with Gasteiger partial charge in [-0.3, -0.25) is 0 Å². The lowest BCUT2D eigenvalue weighted by Gasteiger charge is -2.09. The van der Waals surface area contributed by atoms with Crippen LogP contribution in [0.2, 0.25) is 6.04 Å². The second-order valence-electron chi connectivity index (χ2n) is 3.37. The number of benzene rings is 1. The van der Waals surface area contributed by atoms with Gasteiger partial charge in [-0.25, -0.2) is 0 Å². The maximum absolute atomic E-state index is 5.24. The fourth-order valence-corrected chi connectivity index (χ4v) is 1.96. The van der Waals surface area contributed by atoms with E-state index in [9.17, 15) is 0 Å². The molecule has 0 aromatic heterocycles. The largest absolute Gasteiger partial charge is 0.377 e. The molecule has 0 spiro atoms. The van der Waals surface area contributed by atoms with Crippen molar-refractivity contribution in [2.24, 2.45) is 0 Å². The molecule has 1 rings (SSSR count). The van der Waals surface area contributed by atoms with E-state index >= 15 is 0 Å². The predicted octanol–water partition coefficient (Wildman–Crippen LogP) is 1.72. The van der Waals surface area contributed by atoms with Crippen LogP contribution in [0.15, 0.2) is 24.3 Å². The second kappa shape index (κ2) is 5.20. The Bertz CT molecular complexity index is 243. The lowest BCUT2D eigenvalue weighted by Crippen LogP contribution is -1.95. The van der Waals surface area contributed by atoms with Gasteiger partial charge in [-0.2, -0.15) is 0 Å². The molecule has 2 heteroatoms. The first-order valence-corrected chi connectivity index (χ1v) is 6.31. The number of methoxy groups -OCH3 is 1. The number of ether oxygens (including phenoxy) is 1. The molecule has 0 aliphatic heterocycles. The summed E-state index contributed by atoms with van der Waals surface area (Å²) in [5, 5.41) is 0. The highest BCUT2D eigenvalue weighted by Crippen LogP contribution is 2.16. The van der Waals surface area contributed by atoms with E-state index in [-0.39, 0.29) is 6.10 Å². The lowest BCUT2D eigenvalue weighted by molar-refractivity contribution is 0.119. The predicted molar refractivity (Wildman–Crippen MR) is 60.3 cm³/mol. The van der Waals surface area contributed by atoms with E-state index in [0.717, 1.165) is 0 Å². The minimum Gasteiger partial charge on any atom is -0.377 e. The smallest absolute Gasteiger partial charge is 0.0793 e. The molecule has 0 saturated heterocycles. The van der Waals surface area contributed by atoms with E-state index in [1.165, 1.54) is 33.8 Å². The zero-order chi connectivity index (χ0) is 9.68. The molecule has 1 nitrogen and oxygen atoms in total. The monoisotopic (exact) mass is 194 g/mol. The molecule has 0 bridgehead atoms. The molecule has 72 valence electrons. The van der Waals surface area contributed by atoms with E-state index in [4.69, 9.17) is 4.74 Å². The first-order valence-electron chi connectivity index (χ1n) is 4.89. The van der Waals surface area contributed by atoms with Gasteiger partial charge in [0.25, 0.3) is 0 Å². The second-order valence-corrected chi connectivity index (χ2v) is 4.37. The summed E-state index contributed by atoms with van der Waals surface area (Å²) in [5.41, 5.74) is 2.71. The molecule has 1 aromatic carbocycles. The van der Waals surface area contributed by atoms with Gasteiger partial charge in [0.1, 0.15) is 0 Å². The number of aryl methyl sites for hydroxylation is 1. The summed E-state index contributed by atoms with van der Waals surface area (Å²) in [6.07, 6.45) is 1.44. The zero-order valence-electron chi connectivity index (χ0n) is 8.71. The van der Waals surface area contributed by atoms with E-state index in [1.54, 1.807) is 7.11 Å². The van der Waals surface area contributed by atoms with Gasteiger partial charge in [-0.05, 0) is 24.5 Å². The Morgan fingerprint density at radius 1 is 1.31 bits per heavy atom. The summed E-state index contributed by atoms with van der Waals surface area (Å²) < 4.78 is 5.24. The van der Waals surface area contributed by atoms with E-state index in [0.29, 0.717) is 0 Å². The van der Waals surface area contributed by atoms with Crippen molar-refractivity contribution in [3.05, 3.63) is 35.4 Å². The van der Waals surface area contributed by atoms with E-state index in [2.05, 4.69) is 31.2 Å². The first kappa shape index (κ1) is 10.5. The number of hydrogen-bond donors (Lipinski definition) is 0. The summed E-state index contributed by atoms with van der Waals surface area (Å²) in [6, 6.07) is 10.1. The average molecular weight is 194 g/mol. The summed E-state index contributed by atoms with van der Waals surface area (Å²) in [6.45, 7) is 2.07. The van der Waals surface area contributed by atoms with Crippen LogP contribution in [0.5, 0.6) is 0 Å². The van der Waals surface area contributed by atoms with Crippen molar-refractivity contribution in [3.63, 3.8) is 0 Å². The lowest BCUT2D eigenvalue weighted by atomic mass is 10.1. The first-order chi connectivity index (χ1) is 6.27. The summed E-state index contributed by atoms with van der Waals surface area (Å²) in [7, 11) is 3.04. The van der Waals surface area contributed by atoms with Crippen LogP contribution >= 0.6 is 0 Å². The van der Waals surface area contributed by atoms with Crippen LogP contribution < -0.4 is 0 Å². The van der Waals surface area contributed by atoms with Crippen molar-refractivity contribution in [3.8, 4) is 0 Å². The average Bonchev–Trinajstić information content (AvgIpc) is 2.18. The van der Waals surface area contributed by atoms with E-state index in [1.807, 2.05) is 0 Å². The van der Waals surface area contributed by atoms with Gasteiger partial charge in [0, 0.05) is 17.4 Å². The molecule has 0 saturated carbocycles. The maximum atomic E-state index is 5.24. The Hall–Kier alpha value is -0.603. The third-order valence-electron chi connectivity index (χ3n) is 2.34. The fourth-order valence-electron chi connectivity index (χ4n) is 1.38. The molecular formula is C11H18OSi. The summed E-state index contributed by atoms with van der Waals surface area (Å²) >= 11 is 0. The Balaban J connectivity index is 2.69. The van der Waals surface area contributed by atoms with Crippen LogP contribution in [0, 0.1) is 0 Å². The van der Waals surface area contributed by atoms with E-state index < -0.39 is 0 Å². The Labute approximate surface area is 83.5 Å². The highest BCUT2D eigenvalue weighted by molar-refractivity contribution is 6.08. The molecule has 13 heavy (non-hydrogen) atoms. The Morgan fingerprint density at radius 2 is 1.92 bits per heavy atom. The quantitative estimate of drug-likeness (QED) is 0.663. The third-order valence-corrected chi connectivity index (χ3v) is 2.84. The SMILES string of the molecule is COC(C)c1ccc(CC[SiH3])cc1. The van der Waals surface area contributed by atoms with Crippen LogP contribution in [-0.4, -0.2) is 17.4 Å². The molecule has 0 radical (unpaired) electrons. The van der Waals surface area contributed by atoms with Crippen molar-refractivity contribution in [2.75, 3.05) is 7.11 Å². The summed E-state index contributed by atoms with van der Waals surface area (Å²) in [4.78, 5) is 0. The van der Waals surface area contributed by atoms with Crippen LogP contribution in [0.4, 0.5) is 0 Å². The van der Waals surface area contributed by atoms with Crippen molar-refractivity contribution in [1.29, 1.82) is 0 Å². The summed E-state index contributed by atoms with van der Waals surface area (Å²) in [5.74, 6) is 0. The molecule has 0 aliphatic rings. The van der Waals surface area contributed by atoms with Gasteiger partial charge in [0.05, 0.1) is 6.10 Å². The third kappa shape index (κ3) is 2.97. The minimum absolute atomic E-state index is 0.213. The van der Waals surface area contributed by atoms with Crippen molar-refractivity contribution in [2.45, 2.75) is 25.5 Å². The molecule has 0 aliphatic carbocycles. The maximum Gasteiger partial charge on any atom is 0.0793 e. The molecule has 0 fully saturated rings. The highest BCUT2D eigenvalue weighted by atomic mass is 28.1. The van der Waals surface area contributed by atoms with Crippen molar-refractivity contribution < 1.29 is 4.74 Å². The Morgan fingerprint density at radius 3 is 2.38 bits per heavy atom. The van der Waals surface area contributed by atoms with Gasteiger partial charge in [-0.15, -0.1) is 0 Å². The standard InChI is InChI=1S/C11H18OSi/c1-9(12-2)11-5-3-10(4-6-11)7-8-13/h3-6,9H,7-8H2,1-2,13H3.